The Bertz CT molecular complexity index is 847. The van der Waals surface area contributed by atoms with E-state index < -0.39 is 0 Å². The van der Waals surface area contributed by atoms with Gasteiger partial charge in [-0.1, -0.05) is 18.2 Å². The quantitative estimate of drug-likeness (QED) is 0.562. The van der Waals surface area contributed by atoms with E-state index in [2.05, 4.69) is 42.6 Å². The molecule has 0 atom stereocenters. The molecule has 0 aliphatic carbocycles. The molecule has 2 aromatic heterocycles. The molecule has 130 valence electrons. The SMILES string of the molecule is CNSc1ccccc1CNc1nc(Nc2cnn(C)c2)ncc1C. The summed E-state index contributed by atoms with van der Waals surface area (Å²) in [4.78, 5) is 10.1. The van der Waals surface area contributed by atoms with Crippen LogP contribution in [-0.2, 0) is 13.6 Å². The number of aryl methyl sites for hydroxylation is 2. The third-order valence-corrected chi connectivity index (χ3v) is 4.39. The first-order valence-corrected chi connectivity index (χ1v) is 8.72. The van der Waals surface area contributed by atoms with Crippen molar-refractivity contribution in [2.75, 3.05) is 17.7 Å². The van der Waals surface area contributed by atoms with Crippen molar-refractivity contribution in [2.45, 2.75) is 18.4 Å². The topological polar surface area (TPSA) is 79.7 Å². The predicted octanol–water partition coefficient (Wildman–Crippen LogP) is 3.10. The number of hydrogen-bond acceptors (Lipinski definition) is 7. The molecule has 0 fully saturated rings. The molecule has 3 aromatic rings. The van der Waals surface area contributed by atoms with Crippen LogP contribution in [0.2, 0.25) is 0 Å². The monoisotopic (exact) mass is 355 g/mol. The molecule has 3 rings (SSSR count). The zero-order valence-corrected chi connectivity index (χ0v) is 15.3. The Morgan fingerprint density at radius 2 is 2.04 bits per heavy atom. The lowest BCUT2D eigenvalue weighted by molar-refractivity contribution is 0.768. The maximum absolute atomic E-state index is 4.57. The van der Waals surface area contributed by atoms with Crippen molar-refractivity contribution in [3.63, 3.8) is 0 Å². The van der Waals surface area contributed by atoms with E-state index >= 15 is 0 Å². The zero-order chi connectivity index (χ0) is 17.6. The summed E-state index contributed by atoms with van der Waals surface area (Å²) in [6.07, 6.45) is 5.42. The first-order chi connectivity index (χ1) is 12.2. The highest BCUT2D eigenvalue weighted by Gasteiger charge is 2.07. The highest BCUT2D eigenvalue weighted by molar-refractivity contribution is 7.97. The Morgan fingerprint density at radius 1 is 1.20 bits per heavy atom. The fourth-order valence-corrected chi connectivity index (χ4v) is 2.97. The van der Waals surface area contributed by atoms with Crippen molar-refractivity contribution in [3.05, 3.63) is 54.0 Å². The fourth-order valence-electron chi connectivity index (χ4n) is 2.33. The molecule has 25 heavy (non-hydrogen) atoms. The summed E-state index contributed by atoms with van der Waals surface area (Å²) >= 11 is 1.60. The van der Waals surface area contributed by atoms with Gasteiger partial charge in [0.25, 0.3) is 0 Å². The van der Waals surface area contributed by atoms with Crippen molar-refractivity contribution in [1.82, 2.24) is 24.5 Å². The Morgan fingerprint density at radius 3 is 2.80 bits per heavy atom. The van der Waals surface area contributed by atoms with Crippen LogP contribution >= 0.6 is 11.9 Å². The van der Waals surface area contributed by atoms with Gasteiger partial charge in [0.15, 0.2) is 0 Å². The third kappa shape index (κ3) is 4.49. The zero-order valence-electron chi connectivity index (χ0n) is 14.4. The largest absolute Gasteiger partial charge is 0.366 e. The highest BCUT2D eigenvalue weighted by Crippen LogP contribution is 2.22. The Labute approximate surface area is 151 Å². The molecule has 7 nitrogen and oxygen atoms in total. The second-order valence-corrected chi connectivity index (χ2v) is 6.57. The molecule has 0 aliphatic rings. The number of aromatic nitrogens is 4. The van der Waals surface area contributed by atoms with Crippen LogP contribution in [-0.4, -0.2) is 26.8 Å². The van der Waals surface area contributed by atoms with Gasteiger partial charge in [0.1, 0.15) is 5.82 Å². The van der Waals surface area contributed by atoms with Crippen molar-refractivity contribution in [2.24, 2.45) is 7.05 Å². The minimum Gasteiger partial charge on any atom is -0.366 e. The van der Waals surface area contributed by atoms with Crippen molar-refractivity contribution < 1.29 is 0 Å². The maximum Gasteiger partial charge on any atom is 0.229 e. The summed E-state index contributed by atoms with van der Waals surface area (Å²) in [5.41, 5.74) is 3.06. The van der Waals surface area contributed by atoms with Crippen LogP contribution in [0, 0.1) is 6.92 Å². The molecule has 0 aliphatic heterocycles. The summed E-state index contributed by atoms with van der Waals surface area (Å²) in [6, 6.07) is 8.28. The molecule has 3 N–H and O–H groups in total. The molecule has 0 saturated heterocycles. The second kappa shape index (κ2) is 8.00. The average molecular weight is 355 g/mol. The number of benzene rings is 1. The van der Waals surface area contributed by atoms with Gasteiger partial charge in [0, 0.05) is 36.4 Å². The molecular weight excluding hydrogens is 334 g/mol. The van der Waals surface area contributed by atoms with Crippen LogP contribution in [0.25, 0.3) is 0 Å². The van der Waals surface area contributed by atoms with E-state index in [4.69, 9.17) is 0 Å². The standard InChI is InChI=1S/C17H21N7S/c1-12-8-20-17(22-14-10-21-24(3)11-14)23-16(12)19-9-13-6-4-5-7-15(13)25-18-2/h4-8,10-11,18H,9H2,1-3H3,(H2,19,20,22,23). The summed E-state index contributed by atoms with van der Waals surface area (Å²) in [5, 5.41) is 10.7. The van der Waals surface area contributed by atoms with E-state index in [1.54, 1.807) is 22.8 Å². The van der Waals surface area contributed by atoms with Gasteiger partial charge in [0.2, 0.25) is 5.95 Å². The number of nitrogens with zero attached hydrogens (tertiary/aromatic N) is 4. The van der Waals surface area contributed by atoms with Gasteiger partial charge in [0.05, 0.1) is 11.9 Å². The predicted molar refractivity (Wildman–Crippen MR) is 102 cm³/mol. The molecule has 0 bridgehead atoms. The van der Waals surface area contributed by atoms with Crippen molar-refractivity contribution in [3.8, 4) is 0 Å². The van der Waals surface area contributed by atoms with Crippen LogP contribution in [0.5, 0.6) is 0 Å². The number of nitrogens with one attached hydrogen (secondary N) is 3. The van der Waals surface area contributed by atoms with E-state index in [1.165, 1.54) is 10.5 Å². The van der Waals surface area contributed by atoms with E-state index in [1.807, 2.05) is 45.5 Å². The summed E-state index contributed by atoms with van der Waals surface area (Å²) < 4.78 is 4.85. The van der Waals surface area contributed by atoms with Crippen LogP contribution < -0.4 is 15.4 Å². The number of rotatable bonds is 7. The molecule has 0 radical (unpaired) electrons. The first kappa shape index (κ1) is 17.2. The molecule has 2 heterocycles. The van der Waals surface area contributed by atoms with Gasteiger partial charge in [-0.3, -0.25) is 9.40 Å². The Hall–Kier alpha value is -2.58. The van der Waals surface area contributed by atoms with Gasteiger partial charge >= 0.3 is 0 Å². The second-order valence-electron chi connectivity index (χ2n) is 5.52. The van der Waals surface area contributed by atoms with E-state index in [9.17, 15) is 0 Å². The van der Waals surface area contributed by atoms with E-state index in [0.29, 0.717) is 12.5 Å². The first-order valence-electron chi connectivity index (χ1n) is 7.90. The lowest BCUT2D eigenvalue weighted by atomic mass is 10.2. The molecule has 0 saturated carbocycles. The normalized spacial score (nSPS) is 10.7. The maximum atomic E-state index is 4.57. The average Bonchev–Trinajstić information content (AvgIpc) is 3.01. The molecule has 1 aromatic carbocycles. The number of anilines is 3. The van der Waals surface area contributed by atoms with Gasteiger partial charge < -0.3 is 10.6 Å². The van der Waals surface area contributed by atoms with Crippen molar-refractivity contribution >= 4 is 29.4 Å². The summed E-state index contributed by atoms with van der Waals surface area (Å²) in [5.74, 6) is 1.35. The minimum absolute atomic E-state index is 0.541. The van der Waals surface area contributed by atoms with Crippen LogP contribution in [0.1, 0.15) is 11.1 Å². The van der Waals surface area contributed by atoms with Gasteiger partial charge in [-0.25, -0.2) is 4.98 Å². The summed E-state index contributed by atoms with van der Waals surface area (Å²) in [7, 11) is 3.79. The van der Waals surface area contributed by atoms with E-state index in [0.717, 1.165) is 17.1 Å². The fraction of sp³-hybridized carbons (Fsp3) is 0.235. The molecule has 8 heteroatoms. The Kier molecular flexibility index (Phi) is 5.52. The van der Waals surface area contributed by atoms with Crippen molar-refractivity contribution in [1.29, 1.82) is 0 Å². The summed E-state index contributed by atoms with van der Waals surface area (Å²) in [6.45, 7) is 2.68. The van der Waals surface area contributed by atoms with Gasteiger partial charge in [-0.2, -0.15) is 10.1 Å². The molecule has 0 unspecified atom stereocenters. The van der Waals surface area contributed by atoms with Gasteiger partial charge in [-0.15, -0.1) is 0 Å². The van der Waals surface area contributed by atoms with E-state index in [-0.39, 0.29) is 0 Å². The van der Waals surface area contributed by atoms with Gasteiger partial charge in [-0.05, 0) is 37.5 Å². The lowest BCUT2D eigenvalue weighted by Gasteiger charge is -2.12. The molecule has 0 spiro atoms. The Balaban J connectivity index is 1.73. The van der Waals surface area contributed by atoms with Crippen LogP contribution in [0.3, 0.4) is 0 Å². The van der Waals surface area contributed by atoms with Crippen LogP contribution in [0.4, 0.5) is 17.5 Å². The lowest BCUT2D eigenvalue weighted by Crippen LogP contribution is -2.07. The molecule has 0 amide bonds. The molecular formula is C17H21N7S. The highest BCUT2D eigenvalue weighted by atomic mass is 32.2. The van der Waals surface area contributed by atoms with Crippen LogP contribution in [0.15, 0.2) is 47.8 Å². The minimum atomic E-state index is 0.541. The smallest absolute Gasteiger partial charge is 0.229 e. The number of hydrogen-bond donors (Lipinski definition) is 3. The third-order valence-electron chi connectivity index (χ3n) is 3.56.